The van der Waals surface area contributed by atoms with Gasteiger partial charge in [-0.15, -0.1) is 0 Å². The van der Waals surface area contributed by atoms with E-state index in [0.717, 1.165) is 6.08 Å². The van der Waals surface area contributed by atoms with Crippen LogP contribution in [0.4, 0.5) is 0 Å². The molecule has 0 radical (unpaired) electrons. The van der Waals surface area contributed by atoms with Gasteiger partial charge in [0.25, 0.3) is 15.9 Å². The van der Waals surface area contributed by atoms with Crippen molar-refractivity contribution in [3.63, 3.8) is 0 Å². The van der Waals surface area contributed by atoms with Crippen molar-refractivity contribution in [1.82, 2.24) is 4.72 Å². The second-order valence-corrected chi connectivity index (χ2v) is 6.96. The predicted molar refractivity (Wildman–Crippen MR) is 95.4 cm³/mol. The van der Waals surface area contributed by atoms with Crippen LogP contribution in [0.15, 0.2) is 53.4 Å². The fraction of sp³-hybridized carbons (Fsp3) is 0.118. The van der Waals surface area contributed by atoms with Crippen LogP contribution in [0.5, 0.6) is 11.5 Å². The third-order valence-electron chi connectivity index (χ3n) is 3.21. The molecular formula is C17H16ClNO5S. The summed E-state index contributed by atoms with van der Waals surface area (Å²) in [5, 5.41) is 0.398. The number of benzene rings is 2. The van der Waals surface area contributed by atoms with E-state index < -0.39 is 15.9 Å². The lowest BCUT2D eigenvalue weighted by Crippen LogP contribution is -2.28. The average molecular weight is 382 g/mol. The highest BCUT2D eigenvalue weighted by molar-refractivity contribution is 7.90. The Morgan fingerprint density at radius 3 is 2.36 bits per heavy atom. The number of methoxy groups -OCH3 is 2. The van der Waals surface area contributed by atoms with Crippen LogP contribution in [0.3, 0.4) is 0 Å². The van der Waals surface area contributed by atoms with Gasteiger partial charge in [-0.3, -0.25) is 4.79 Å². The molecule has 0 unspecified atom stereocenters. The second kappa shape index (κ2) is 8.04. The molecule has 0 saturated heterocycles. The number of rotatable bonds is 6. The van der Waals surface area contributed by atoms with Crippen LogP contribution in [-0.4, -0.2) is 28.5 Å². The molecule has 0 aliphatic carbocycles. The molecule has 0 aliphatic rings. The smallest absolute Gasteiger partial charge is 0.264 e. The van der Waals surface area contributed by atoms with Gasteiger partial charge in [-0.05, 0) is 36.4 Å². The van der Waals surface area contributed by atoms with Crippen LogP contribution in [-0.2, 0) is 14.8 Å². The second-order valence-electron chi connectivity index (χ2n) is 4.84. The quantitative estimate of drug-likeness (QED) is 0.778. The Kier molecular flexibility index (Phi) is 6.06. The van der Waals surface area contributed by atoms with E-state index in [2.05, 4.69) is 0 Å². The number of hydrogen-bond donors (Lipinski definition) is 1. The van der Waals surface area contributed by atoms with E-state index >= 15 is 0 Å². The third-order valence-corrected chi connectivity index (χ3v) is 4.82. The highest BCUT2D eigenvalue weighted by Gasteiger charge is 2.16. The highest BCUT2D eigenvalue weighted by Crippen LogP contribution is 2.31. The fourth-order valence-corrected chi connectivity index (χ4v) is 3.12. The van der Waals surface area contributed by atoms with Gasteiger partial charge >= 0.3 is 0 Å². The molecule has 0 atom stereocenters. The minimum atomic E-state index is -3.97. The summed E-state index contributed by atoms with van der Waals surface area (Å²) in [5.41, 5.74) is 0.570. The summed E-state index contributed by atoms with van der Waals surface area (Å²) in [6.07, 6.45) is 2.54. The standard InChI is InChI=1S/C17H16ClNO5S/c1-23-15-5-3-4-12(17(15)24-2)6-11-16(20)19-25(21,22)14-9-7-13(18)8-10-14/h3-11H,1-2H3,(H,19,20). The summed E-state index contributed by atoms with van der Waals surface area (Å²) >= 11 is 5.72. The molecule has 0 aliphatic heterocycles. The number of halogens is 1. The molecular weight excluding hydrogens is 366 g/mol. The van der Waals surface area contributed by atoms with Crippen LogP contribution in [0, 0.1) is 0 Å². The largest absolute Gasteiger partial charge is 0.493 e. The van der Waals surface area contributed by atoms with Gasteiger partial charge in [-0.2, -0.15) is 0 Å². The minimum absolute atomic E-state index is 0.0578. The fourth-order valence-electron chi connectivity index (χ4n) is 2.05. The molecule has 8 heteroatoms. The summed E-state index contributed by atoms with van der Waals surface area (Å²) in [6, 6.07) is 10.6. The maximum Gasteiger partial charge on any atom is 0.264 e. The molecule has 0 fully saturated rings. The van der Waals surface area contributed by atoms with Crippen LogP contribution < -0.4 is 14.2 Å². The molecule has 6 nitrogen and oxygen atoms in total. The number of amides is 1. The third kappa shape index (κ3) is 4.74. The lowest BCUT2D eigenvalue weighted by atomic mass is 10.1. The lowest BCUT2D eigenvalue weighted by Gasteiger charge is -2.09. The van der Waals surface area contributed by atoms with Crippen LogP contribution in [0.2, 0.25) is 5.02 Å². The monoisotopic (exact) mass is 381 g/mol. The Morgan fingerprint density at radius 2 is 1.76 bits per heavy atom. The van der Waals surface area contributed by atoms with E-state index in [1.165, 1.54) is 44.6 Å². The van der Waals surface area contributed by atoms with E-state index in [-0.39, 0.29) is 4.90 Å². The molecule has 25 heavy (non-hydrogen) atoms. The molecule has 0 aromatic heterocycles. The van der Waals surface area contributed by atoms with Gasteiger partial charge in [0, 0.05) is 16.7 Å². The van der Waals surface area contributed by atoms with Crippen molar-refractivity contribution in [3.05, 3.63) is 59.1 Å². The van der Waals surface area contributed by atoms with Crippen molar-refractivity contribution < 1.29 is 22.7 Å². The van der Waals surface area contributed by atoms with Gasteiger partial charge in [-0.25, -0.2) is 13.1 Å². The Hall–Kier alpha value is -2.51. The van der Waals surface area contributed by atoms with Crippen molar-refractivity contribution in [3.8, 4) is 11.5 Å². The number of hydrogen-bond acceptors (Lipinski definition) is 5. The Bertz CT molecular complexity index is 892. The van der Waals surface area contributed by atoms with E-state index in [0.29, 0.717) is 22.1 Å². The van der Waals surface area contributed by atoms with E-state index in [4.69, 9.17) is 21.1 Å². The Balaban J connectivity index is 2.17. The molecule has 1 N–H and O–H groups in total. The summed E-state index contributed by atoms with van der Waals surface area (Å²) in [4.78, 5) is 11.9. The molecule has 2 rings (SSSR count). The molecule has 0 saturated carbocycles. The Labute approximate surface area is 151 Å². The summed E-state index contributed by atoms with van der Waals surface area (Å²) < 4.78 is 36.6. The number of nitrogens with one attached hydrogen (secondary N) is 1. The topological polar surface area (TPSA) is 81.7 Å². The van der Waals surface area contributed by atoms with Crippen LogP contribution in [0.25, 0.3) is 6.08 Å². The molecule has 0 heterocycles. The van der Waals surface area contributed by atoms with Gasteiger partial charge < -0.3 is 9.47 Å². The summed E-state index contributed by atoms with van der Waals surface area (Å²) in [7, 11) is -1.01. The molecule has 0 bridgehead atoms. The molecule has 2 aromatic carbocycles. The first kappa shape index (κ1) is 18.8. The highest BCUT2D eigenvalue weighted by atomic mass is 35.5. The maximum absolute atomic E-state index is 12.1. The van der Waals surface area contributed by atoms with Crippen molar-refractivity contribution in [2.45, 2.75) is 4.90 Å². The Morgan fingerprint density at radius 1 is 1.08 bits per heavy atom. The van der Waals surface area contributed by atoms with Gasteiger partial charge in [0.15, 0.2) is 11.5 Å². The molecule has 2 aromatic rings. The normalized spacial score (nSPS) is 11.3. The lowest BCUT2D eigenvalue weighted by molar-refractivity contribution is -0.114. The summed E-state index contributed by atoms with van der Waals surface area (Å²) in [6.45, 7) is 0. The predicted octanol–water partition coefficient (Wildman–Crippen LogP) is 2.88. The first-order valence-corrected chi connectivity index (χ1v) is 8.95. The number of carbonyl (C=O) groups excluding carboxylic acids is 1. The van der Waals surface area contributed by atoms with Crippen LogP contribution >= 0.6 is 11.6 Å². The van der Waals surface area contributed by atoms with Crippen molar-refractivity contribution in [2.75, 3.05) is 14.2 Å². The maximum atomic E-state index is 12.1. The van der Waals surface area contributed by atoms with Crippen molar-refractivity contribution in [1.29, 1.82) is 0 Å². The molecule has 1 amide bonds. The van der Waals surface area contributed by atoms with Crippen LogP contribution in [0.1, 0.15) is 5.56 Å². The SMILES string of the molecule is COc1cccc(C=CC(=O)NS(=O)(=O)c2ccc(Cl)cc2)c1OC. The van der Waals surface area contributed by atoms with Gasteiger partial charge in [0.2, 0.25) is 0 Å². The van der Waals surface area contributed by atoms with Gasteiger partial charge in [-0.1, -0.05) is 23.7 Å². The van der Waals surface area contributed by atoms with Crippen molar-refractivity contribution in [2.24, 2.45) is 0 Å². The molecule has 132 valence electrons. The minimum Gasteiger partial charge on any atom is -0.493 e. The van der Waals surface area contributed by atoms with Gasteiger partial charge in [0.05, 0.1) is 19.1 Å². The zero-order chi connectivity index (χ0) is 18.4. The number of carbonyl (C=O) groups is 1. The number of para-hydroxylation sites is 1. The van der Waals surface area contributed by atoms with E-state index in [9.17, 15) is 13.2 Å². The van der Waals surface area contributed by atoms with Crippen molar-refractivity contribution >= 4 is 33.6 Å². The zero-order valence-electron chi connectivity index (χ0n) is 13.5. The first-order valence-electron chi connectivity index (χ1n) is 7.09. The number of ether oxygens (including phenoxy) is 2. The van der Waals surface area contributed by atoms with E-state index in [1.54, 1.807) is 18.2 Å². The van der Waals surface area contributed by atoms with E-state index in [1.807, 2.05) is 4.72 Å². The molecule has 0 spiro atoms. The summed E-state index contributed by atoms with van der Waals surface area (Å²) in [5.74, 6) is 0.147. The zero-order valence-corrected chi connectivity index (χ0v) is 15.1. The first-order chi connectivity index (χ1) is 11.9. The average Bonchev–Trinajstić information content (AvgIpc) is 2.59. The number of sulfonamides is 1. The van der Waals surface area contributed by atoms with Gasteiger partial charge in [0.1, 0.15) is 0 Å².